The van der Waals surface area contributed by atoms with Crippen molar-refractivity contribution in [2.24, 2.45) is 7.05 Å². The molecule has 1 heterocycles. The number of aliphatic hydroxyl groups is 1. The van der Waals surface area contributed by atoms with Crippen LogP contribution in [0.3, 0.4) is 0 Å². The zero-order chi connectivity index (χ0) is 17.8. The summed E-state index contributed by atoms with van der Waals surface area (Å²) >= 11 is 5.80. The summed E-state index contributed by atoms with van der Waals surface area (Å²) in [6.07, 6.45) is 0.878. The van der Waals surface area contributed by atoms with Gasteiger partial charge in [-0.15, -0.1) is 0 Å². The number of carbonyl (C=O) groups excluding carboxylic acids is 1. The standard InChI is InChI=1S/C18H18ClN3O3/c1-22-11-21-16-8-12(2-7-17(16)22)18(24)20-9-14(23)10-25-15-5-3-13(19)4-6-15/h2-8,11,14,23H,9-10H2,1H3,(H,20,24)/t14-/m1/s1. The van der Waals surface area contributed by atoms with E-state index in [1.54, 1.807) is 42.7 Å². The summed E-state index contributed by atoms with van der Waals surface area (Å²) in [5, 5.41) is 13.3. The quantitative estimate of drug-likeness (QED) is 0.708. The van der Waals surface area contributed by atoms with Crippen molar-refractivity contribution in [2.45, 2.75) is 6.10 Å². The van der Waals surface area contributed by atoms with E-state index in [9.17, 15) is 9.90 Å². The number of fused-ring (bicyclic) bond motifs is 1. The minimum atomic E-state index is -0.821. The molecule has 2 N–H and O–H groups in total. The highest BCUT2D eigenvalue weighted by atomic mass is 35.5. The van der Waals surface area contributed by atoms with Gasteiger partial charge in [0.15, 0.2) is 0 Å². The van der Waals surface area contributed by atoms with E-state index in [1.807, 2.05) is 17.7 Å². The molecule has 0 spiro atoms. The van der Waals surface area contributed by atoms with Gasteiger partial charge in [0.2, 0.25) is 0 Å². The van der Waals surface area contributed by atoms with Gasteiger partial charge in [0.05, 0.1) is 17.4 Å². The van der Waals surface area contributed by atoms with Crippen LogP contribution < -0.4 is 10.1 Å². The van der Waals surface area contributed by atoms with E-state index >= 15 is 0 Å². The first-order valence-electron chi connectivity index (χ1n) is 7.78. The molecule has 25 heavy (non-hydrogen) atoms. The molecule has 0 aliphatic carbocycles. The van der Waals surface area contributed by atoms with Gasteiger partial charge in [0, 0.05) is 24.2 Å². The molecule has 3 rings (SSSR count). The Morgan fingerprint density at radius 2 is 2.08 bits per heavy atom. The molecule has 130 valence electrons. The lowest BCUT2D eigenvalue weighted by Gasteiger charge is -2.13. The second kappa shape index (κ2) is 7.55. The number of hydrogen-bond acceptors (Lipinski definition) is 4. The van der Waals surface area contributed by atoms with Gasteiger partial charge in [-0.2, -0.15) is 0 Å². The predicted octanol–water partition coefficient (Wildman–Crippen LogP) is 2.40. The van der Waals surface area contributed by atoms with Crippen molar-refractivity contribution in [3.8, 4) is 5.75 Å². The summed E-state index contributed by atoms with van der Waals surface area (Å²) in [7, 11) is 1.89. The maximum atomic E-state index is 12.2. The zero-order valence-corrected chi connectivity index (χ0v) is 14.4. The van der Waals surface area contributed by atoms with E-state index in [-0.39, 0.29) is 19.1 Å². The van der Waals surface area contributed by atoms with Gasteiger partial charge in [-0.1, -0.05) is 11.6 Å². The first-order valence-corrected chi connectivity index (χ1v) is 8.16. The molecule has 0 bridgehead atoms. The Balaban J connectivity index is 1.51. The topological polar surface area (TPSA) is 76.4 Å². The fraction of sp³-hybridized carbons (Fsp3) is 0.222. The van der Waals surface area contributed by atoms with Crippen LogP contribution >= 0.6 is 11.6 Å². The summed E-state index contributed by atoms with van der Waals surface area (Å²) in [6, 6.07) is 12.2. The maximum Gasteiger partial charge on any atom is 0.251 e. The normalized spacial score (nSPS) is 12.1. The van der Waals surface area contributed by atoms with Crippen LogP contribution in [0.1, 0.15) is 10.4 Å². The van der Waals surface area contributed by atoms with E-state index in [4.69, 9.17) is 16.3 Å². The van der Waals surface area contributed by atoms with Crippen molar-refractivity contribution < 1.29 is 14.6 Å². The van der Waals surface area contributed by atoms with Gasteiger partial charge in [-0.05, 0) is 42.5 Å². The molecule has 2 aromatic carbocycles. The Hall–Kier alpha value is -2.57. The van der Waals surface area contributed by atoms with Crippen molar-refractivity contribution in [1.29, 1.82) is 0 Å². The molecule has 1 aromatic heterocycles. The first-order chi connectivity index (χ1) is 12.0. The molecule has 1 atom stereocenters. The lowest BCUT2D eigenvalue weighted by atomic mass is 10.2. The van der Waals surface area contributed by atoms with Crippen molar-refractivity contribution in [3.63, 3.8) is 0 Å². The van der Waals surface area contributed by atoms with Crippen LogP contribution in [-0.4, -0.2) is 39.8 Å². The minimum Gasteiger partial charge on any atom is -0.491 e. The highest BCUT2D eigenvalue weighted by Crippen LogP contribution is 2.16. The number of aromatic nitrogens is 2. The number of nitrogens with zero attached hydrogens (tertiary/aromatic N) is 2. The van der Waals surface area contributed by atoms with E-state index in [0.717, 1.165) is 11.0 Å². The van der Waals surface area contributed by atoms with Crippen LogP contribution in [0.5, 0.6) is 5.75 Å². The molecule has 3 aromatic rings. The number of carbonyl (C=O) groups is 1. The van der Waals surface area contributed by atoms with Crippen LogP contribution in [0.25, 0.3) is 11.0 Å². The molecule has 0 aliphatic rings. The maximum absolute atomic E-state index is 12.2. The number of halogens is 1. The van der Waals surface area contributed by atoms with Crippen LogP contribution in [0.4, 0.5) is 0 Å². The third kappa shape index (κ3) is 4.29. The van der Waals surface area contributed by atoms with Crippen LogP contribution in [-0.2, 0) is 7.05 Å². The molecule has 1 amide bonds. The molecule has 0 saturated carbocycles. The highest BCUT2D eigenvalue weighted by Gasteiger charge is 2.11. The molecule has 0 radical (unpaired) electrons. The Morgan fingerprint density at radius 3 is 2.84 bits per heavy atom. The summed E-state index contributed by atoms with van der Waals surface area (Å²) in [5.41, 5.74) is 2.20. The van der Waals surface area contributed by atoms with Gasteiger partial charge in [0.1, 0.15) is 18.5 Å². The number of ether oxygens (including phenoxy) is 1. The number of aryl methyl sites for hydroxylation is 1. The summed E-state index contributed by atoms with van der Waals surface area (Å²) in [5.74, 6) is 0.341. The largest absolute Gasteiger partial charge is 0.491 e. The molecule has 0 unspecified atom stereocenters. The lowest BCUT2D eigenvalue weighted by molar-refractivity contribution is 0.0844. The fourth-order valence-electron chi connectivity index (χ4n) is 2.37. The van der Waals surface area contributed by atoms with Crippen LogP contribution in [0.2, 0.25) is 5.02 Å². The minimum absolute atomic E-state index is 0.0706. The number of rotatable bonds is 6. The van der Waals surface area contributed by atoms with Gasteiger partial charge in [0.25, 0.3) is 5.91 Å². The smallest absolute Gasteiger partial charge is 0.251 e. The van der Waals surface area contributed by atoms with Crippen LogP contribution in [0.15, 0.2) is 48.8 Å². The Kier molecular flexibility index (Phi) is 5.21. The molecular weight excluding hydrogens is 342 g/mol. The number of benzene rings is 2. The SMILES string of the molecule is Cn1cnc2cc(C(=O)NC[C@@H](O)COc3ccc(Cl)cc3)ccc21. The van der Waals surface area contributed by atoms with E-state index in [2.05, 4.69) is 10.3 Å². The average molecular weight is 360 g/mol. The number of amides is 1. The van der Waals surface area contributed by atoms with Gasteiger partial charge in [-0.25, -0.2) is 4.98 Å². The molecule has 0 aliphatic heterocycles. The van der Waals surface area contributed by atoms with Gasteiger partial charge in [-0.3, -0.25) is 4.79 Å². The van der Waals surface area contributed by atoms with Gasteiger partial charge < -0.3 is 19.7 Å². The molecular formula is C18H18ClN3O3. The van der Waals surface area contributed by atoms with E-state index in [1.165, 1.54) is 0 Å². The fourth-order valence-corrected chi connectivity index (χ4v) is 2.50. The Labute approximate surface area is 150 Å². The zero-order valence-electron chi connectivity index (χ0n) is 13.6. The van der Waals surface area contributed by atoms with E-state index < -0.39 is 6.10 Å². The lowest BCUT2D eigenvalue weighted by Crippen LogP contribution is -2.35. The number of nitrogens with one attached hydrogen (secondary N) is 1. The molecule has 0 saturated heterocycles. The summed E-state index contributed by atoms with van der Waals surface area (Å²) in [4.78, 5) is 16.4. The molecule has 7 heteroatoms. The molecule has 0 fully saturated rings. The van der Waals surface area contributed by atoms with E-state index in [0.29, 0.717) is 16.3 Å². The van der Waals surface area contributed by atoms with Crippen molar-refractivity contribution in [2.75, 3.05) is 13.2 Å². The van der Waals surface area contributed by atoms with Crippen LogP contribution in [0, 0.1) is 0 Å². The average Bonchev–Trinajstić information content (AvgIpc) is 2.99. The van der Waals surface area contributed by atoms with Crippen molar-refractivity contribution in [1.82, 2.24) is 14.9 Å². The summed E-state index contributed by atoms with van der Waals surface area (Å²) in [6.45, 7) is 0.161. The third-order valence-corrected chi connectivity index (χ3v) is 3.99. The second-order valence-electron chi connectivity index (χ2n) is 5.69. The number of imidazole rings is 1. The van der Waals surface area contributed by atoms with Crippen molar-refractivity contribution in [3.05, 3.63) is 59.4 Å². The Bertz CT molecular complexity index is 877. The first kappa shape index (κ1) is 17.3. The van der Waals surface area contributed by atoms with Gasteiger partial charge >= 0.3 is 0 Å². The monoisotopic (exact) mass is 359 g/mol. The summed E-state index contributed by atoms with van der Waals surface area (Å²) < 4.78 is 7.33. The Morgan fingerprint density at radius 1 is 1.32 bits per heavy atom. The third-order valence-electron chi connectivity index (χ3n) is 3.74. The number of aliphatic hydroxyl groups excluding tert-OH is 1. The second-order valence-corrected chi connectivity index (χ2v) is 6.12. The molecule has 6 nitrogen and oxygen atoms in total. The predicted molar refractivity (Wildman–Crippen MR) is 96.0 cm³/mol. The van der Waals surface area contributed by atoms with Crippen molar-refractivity contribution >= 4 is 28.5 Å². The number of hydrogen-bond donors (Lipinski definition) is 2. The highest BCUT2D eigenvalue weighted by molar-refractivity contribution is 6.30.